The minimum Gasteiger partial charge on any atom is -0.457 e. The fourth-order valence-electron chi connectivity index (χ4n) is 2.59. The molecule has 1 amide bonds. The fourth-order valence-corrected chi connectivity index (χ4v) is 3.65. The number of benzene rings is 1. The highest BCUT2D eigenvalue weighted by Gasteiger charge is 2.24. The fraction of sp³-hybridized carbons (Fsp3) is 0.350. The van der Waals surface area contributed by atoms with Gasteiger partial charge in [-0.25, -0.2) is 4.79 Å². The summed E-state index contributed by atoms with van der Waals surface area (Å²) in [6.45, 7) is 5.76. The summed E-state index contributed by atoms with van der Waals surface area (Å²) in [5.74, 6) is -0.731. The summed E-state index contributed by atoms with van der Waals surface area (Å²) in [6, 6.07) is 11.5. The molecule has 1 aromatic carbocycles. The van der Waals surface area contributed by atoms with Gasteiger partial charge in [0.2, 0.25) is 5.91 Å². The number of carbonyl (C=O) groups excluding carboxylic acids is 2. The highest BCUT2D eigenvalue weighted by atomic mass is 32.1. The Bertz CT molecular complexity index is 818. The van der Waals surface area contributed by atoms with Gasteiger partial charge in [-0.1, -0.05) is 44.2 Å². The first-order valence-corrected chi connectivity index (χ1v) is 9.38. The van der Waals surface area contributed by atoms with Gasteiger partial charge in [0.25, 0.3) is 0 Å². The lowest BCUT2D eigenvalue weighted by Crippen LogP contribution is -2.21. The van der Waals surface area contributed by atoms with E-state index in [2.05, 4.69) is 11.4 Å². The van der Waals surface area contributed by atoms with E-state index in [0.717, 1.165) is 29.7 Å². The van der Waals surface area contributed by atoms with Gasteiger partial charge in [0, 0.05) is 5.92 Å². The third kappa shape index (κ3) is 4.50. The van der Waals surface area contributed by atoms with Crippen LogP contribution in [0.3, 0.4) is 0 Å². The zero-order valence-electron chi connectivity index (χ0n) is 15.2. The van der Waals surface area contributed by atoms with Crippen LogP contribution in [0, 0.1) is 24.2 Å². The summed E-state index contributed by atoms with van der Waals surface area (Å²) < 4.78 is 5.35. The maximum absolute atomic E-state index is 12.4. The topological polar surface area (TPSA) is 79.2 Å². The van der Waals surface area contributed by atoms with Gasteiger partial charge in [0.15, 0.2) is 0 Å². The van der Waals surface area contributed by atoms with Crippen LogP contribution in [0.2, 0.25) is 0 Å². The van der Waals surface area contributed by atoms with Crippen LogP contribution < -0.4 is 5.32 Å². The van der Waals surface area contributed by atoms with E-state index in [4.69, 9.17) is 4.74 Å². The summed E-state index contributed by atoms with van der Waals surface area (Å²) in [5.41, 5.74) is 1.74. The number of hydrogen-bond donors (Lipinski definition) is 1. The van der Waals surface area contributed by atoms with Crippen LogP contribution in [0.15, 0.2) is 30.3 Å². The first-order valence-electron chi connectivity index (χ1n) is 8.57. The SMILES string of the molecule is CCC(CC)C(=O)Nc1sc(C(=O)OCc2ccccc2)c(C)c1C#N. The van der Waals surface area contributed by atoms with Crippen LogP contribution in [0.1, 0.15) is 53.1 Å². The lowest BCUT2D eigenvalue weighted by atomic mass is 10.0. The summed E-state index contributed by atoms with van der Waals surface area (Å²) in [6.07, 6.45) is 1.45. The molecule has 136 valence electrons. The van der Waals surface area contributed by atoms with Crippen molar-refractivity contribution in [1.29, 1.82) is 5.26 Å². The van der Waals surface area contributed by atoms with Crippen LogP contribution in [0.4, 0.5) is 5.00 Å². The Kier molecular flexibility index (Phi) is 6.93. The average molecular weight is 370 g/mol. The first-order chi connectivity index (χ1) is 12.5. The minimum atomic E-state index is -0.490. The number of anilines is 1. The number of nitriles is 1. The van der Waals surface area contributed by atoms with Crippen molar-refractivity contribution in [2.75, 3.05) is 5.32 Å². The molecule has 1 N–H and O–H groups in total. The maximum atomic E-state index is 12.4. The van der Waals surface area contributed by atoms with Gasteiger partial charge < -0.3 is 10.1 Å². The number of esters is 1. The molecule has 0 aliphatic heterocycles. The summed E-state index contributed by atoms with van der Waals surface area (Å²) >= 11 is 1.09. The molecule has 0 fully saturated rings. The summed E-state index contributed by atoms with van der Waals surface area (Å²) in [5, 5.41) is 12.6. The number of nitrogens with zero attached hydrogens (tertiary/aromatic N) is 1. The molecule has 1 heterocycles. The Morgan fingerprint density at radius 1 is 1.23 bits per heavy atom. The van der Waals surface area contributed by atoms with Gasteiger partial charge in [-0.05, 0) is 30.9 Å². The van der Waals surface area contributed by atoms with E-state index in [1.54, 1.807) is 6.92 Å². The van der Waals surface area contributed by atoms with E-state index in [1.165, 1.54) is 0 Å². The van der Waals surface area contributed by atoms with Crippen molar-refractivity contribution in [3.63, 3.8) is 0 Å². The van der Waals surface area contributed by atoms with E-state index in [-0.39, 0.29) is 18.4 Å². The Morgan fingerprint density at radius 3 is 2.46 bits per heavy atom. The first kappa shape index (κ1) is 19.7. The number of carbonyl (C=O) groups is 2. The molecule has 0 saturated carbocycles. The third-order valence-corrected chi connectivity index (χ3v) is 5.44. The van der Waals surface area contributed by atoms with Crippen LogP contribution in [-0.4, -0.2) is 11.9 Å². The number of rotatable bonds is 7. The van der Waals surface area contributed by atoms with Crippen LogP contribution in [-0.2, 0) is 16.1 Å². The molecule has 2 rings (SSSR count). The van der Waals surface area contributed by atoms with Gasteiger partial charge in [0.1, 0.15) is 22.6 Å². The monoisotopic (exact) mass is 370 g/mol. The average Bonchev–Trinajstić information content (AvgIpc) is 2.96. The smallest absolute Gasteiger partial charge is 0.349 e. The summed E-state index contributed by atoms with van der Waals surface area (Å²) in [4.78, 5) is 25.1. The van der Waals surface area contributed by atoms with Crippen molar-refractivity contribution in [2.24, 2.45) is 5.92 Å². The quantitative estimate of drug-likeness (QED) is 0.719. The van der Waals surface area contributed by atoms with Gasteiger partial charge >= 0.3 is 5.97 Å². The van der Waals surface area contributed by atoms with Crippen molar-refractivity contribution in [1.82, 2.24) is 0 Å². The van der Waals surface area contributed by atoms with E-state index in [9.17, 15) is 14.9 Å². The molecule has 5 nitrogen and oxygen atoms in total. The Balaban J connectivity index is 2.17. The highest BCUT2D eigenvalue weighted by molar-refractivity contribution is 7.18. The van der Waals surface area contributed by atoms with Crippen LogP contribution in [0.5, 0.6) is 0 Å². The van der Waals surface area contributed by atoms with E-state index in [0.29, 0.717) is 21.0 Å². The van der Waals surface area contributed by atoms with Crippen molar-refractivity contribution >= 4 is 28.2 Å². The third-order valence-electron chi connectivity index (χ3n) is 4.25. The van der Waals surface area contributed by atoms with Gasteiger partial charge in [-0.3, -0.25) is 4.79 Å². The zero-order chi connectivity index (χ0) is 19.1. The van der Waals surface area contributed by atoms with E-state index < -0.39 is 5.97 Å². The highest BCUT2D eigenvalue weighted by Crippen LogP contribution is 2.33. The van der Waals surface area contributed by atoms with E-state index in [1.807, 2.05) is 44.2 Å². The zero-order valence-corrected chi connectivity index (χ0v) is 16.0. The molecule has 26 heavy (non-hydrogen) atoms. The summed E-state index contributed by atoms with van der Waals surface area (Å²) in [7, 11) is 0. The number of hydrogen-bond acceptors (Lipinski definition) is 5. The van der Waals surface area contributed by atoms with Crippen molar-refractivity contribution in [3.8, 4) is 6.07 Å². The molecule has 0 atom stereocenters. The minimum absolute atomic E-state index is 0.113. The Labute approximate surface area is 157 Å². The molecule has 1 aromatic heterocycles. The van der Waals surface area contributed by atoms with Crippen molar-refractivity contribution < 1.29 is 14.3 Å². The number of amides is 1. The molecule has 2 aromatic rings. The lowest BCUT2D eigenvalue weighted by molar-refractivity contribution is -0.120. The molecular weight excluding hydrogens is 348 g/mol. The standard InChI is InChI=1S/C20H22N2O3S/c1-4-15(5-2)18(23)22-19-16(11-21)13(3)17(26-19)20(24)25-12-14-9-7-6-8-10-14/h6-10,15H,4-5,12H2,1-3H3,(H,22,23). The van der Waals surface area contributed by atoms with Gasteiger partial charge in [-0.2, -0.15) is 5.26 Å². The molecule has 6 heteroatoms. The Hall–Kier alpha value is -2.65. The Morgan fingerprint density at radius 2 is 1.88 bits per heavy atom. The lowest BCUT2D eigenvalue weighted by Gasteiger charge is -2.11. The molecule has 0 spiro atoms. The maximum Gasteiger partial charge on any atom is 0.349 e. The van der Waals surface area contributed by atoms with Crippen molar-refractivity contribution in [2.45, 2.75) is 40.2 Å². The van der Waals surface area contributed by atoms with E-state index >= 15 is 0 Å². The number of ether oxygens (including phenoxy) is 1. The predicted molar refractivity (Wildman–Crippen MR) is 102 cm³/mol. The largest absolute Gasteiger partial charge is 0.457 e. The molecule has 0 aliphatic rings. The second-order valence-corrected chi connectivity index (χ2v) is 6.96. The number of nitrogens with one attached hydrogen (secondary N) is 1. The molecule has 0 saturated heterocycles. The molecule has 0 radical (unpaired) electrons. The van der Waals surface area contributed by atoms with Gasteiger partial charge in [-0.15, -0.1) is 11.3 Å². The van der Waals surface area contributed by atoms with Crippen LogP contribution >= 0.6 is 11.3 Å². The van der Waals surface area contributed by atoms with Crippen molar-refractivity contribution in [3.05, 3.63) is 51.9 Å². The molecule has 0 unspecified atom stereocenters. The van der Waals surface area contributed by atoms with Gasteiger partial charge in [0.05, 0.1) is 5.56 Å². The normalized spacial score (nSPS) is 10.4. The second-order valence-electron chi connectivity index (χ2n) is 5.94. The molecule has 0 aliphatic carbocycles. The predicted octanol–water partition coefficient (Wildman–Crippen LogP) is 4.66. The molecular formula is C20H22N2O3S. The molecule has 0 bridgehead atoms. The second kappa shape index (κ2) is 9.16. The van der Waals surface area contributed by atoms with Crippen LogP contribution in [0.25, 0.3) is 0 Å². The number of thiophene rings is 1.